The van der Waals surface area contributed by atoms with Crippen LogP contribution in [0.25, 0.3) is 0 Å². The molecule has 2 aromatic rings. The van der Waals surface area contributed by atoms with Crippen molar-refractivity contribution in [1.29, 1.82) is 0 Å². The van der Waals surface area contributed by atoms with Crippen molar-refractivity contribution in [3.8, 4) is 0 Å². The second kappa shape index (κ2) is 7.14. The van der Waals surface area contributed by atoms with Gasteiger partial charge in [-0.1, -0.05) is 43.1 Å². The molecule has 0 aliphatic rings. The number of carbonyl (C=O) groups excluding carboxylic acids is 1. The van der Waals surface area contributed by atoms with Crippen LogP contribution in [0.1, 0.15) is 30.1 Å². The molecule has 0 radical (unpaired) electrons. The second-order valence-electron chi connectivity index (χ2n) is 4.88. The number of para-hydroxylation sites is 1. The van der Waals surface area contributed by atoms with E-state index >= 15 is 0 Å². The highest BCUT2D eigenvalue weighted by Gasteiger charge is 2.17. The van der Waals surface area contributed by atoms with Gasteiger partial charge in [0.1, 0.15) is 0 Å². The Morgan fingerprint density at radius 2 is 1.90 bits per heavy atom. The van der Waals surface area contributed by atoms with E-state index in [1.807, 2.05) is 30.3 Å². The van der Waals surface area contributed by atoms with Crippen molar-refractivity contribution in [3.05, 3.63) is 59.1 Å². The Kier molecular flexibility index (Phi) is 5.23. The highest BCUT2D eigenvalue weighted by Crippen LogP contribution is 2.23. The van der Waals surface area contributed by atoms with Crippen molar-refractivity contribution in [2.45, 2.75) is 19.8 Å². The Morgan fingerprint density at radius 3 is 2.52 bits per heavy atom. The Balaban J connectivity index is 2.31. The van der Waals surface area contributed by atoms with Gasteiger partial charge in [-0.3, -0.25) is 4.79 Å². The van der Waals surface area contributed by atoms with E-state index in [1.165, 1.54) is 0 Å². The lowest BCUT2D eigenvalue weighted by atomic mass is 10.1. The lowest BCUT2D eigenvalue weighted by Crippen LogP contribution is -2.31. The smallest absolute Gasteiger partial charge is 0.258 e. The van der Waals surface area contributed by atoms with Crippen molar-refractivity contribution in [3.63, 3.8) is 0 Å². The van der Waals surface area contributed by atoms with E-state index in [0.29, 0.717) is 22.8 Å². The third-order valence-corrected chi connectivity index (χ3v) is 3.64. The molecular formula is C17H19ClN2O. The number of amides is 1. The van der Waals surface area contributed by atoms with Gasteiger partial charge in [-0.25, -0.2) is 0 Å². The molecule has 0 atom stereocenters. The summed E-state index contributed by atoms with van der Waals surface area (Å²) >= 11 is 5.92. The summed E-state index contributed by atoms with van der Waals surface area (Å²) in [6, 6.07) is 14.7. The zero-order valence-corrected chi connectivity index (χ0v) is 12.8. The van der Waals surface area contributed by atoms with Gasteiger partial charge in [0.05, 0.1) is 10.7 Å². The molecule has 21 heavy (non-hydrogen) atoms. The molecule has 0 unspecified atom stereocenters. The van der Waals surface area contributed by atoms with Crippen LogP contribution in [0.3, 0.4) is 0 Å². The predicted molar refractivity (Wildman–Crippen MR) is 88.9 cm³/mol. The maximum absolute atomic E-state index is 12.7. The van der Waals surface area contributed by atoms with Crippen LogP contribution in [0.5, 0.6) is 0 Å². The fourth-order valence-corrected chi connectivity index (χ4v) is 2.22. The largest absolute Gasteiger partial charge is 0.398 e. The lowest BCUT2D eigenvalue weighted by Gasteiger charge is -2.23. The van der Waals surface area contributed by atoms with Crippen molar-refractivity contribution in [2.24, 2.45) is 0 Å². The van der Waals surface area contributed by atoms with E-state index in [4.69, 9.17) is 17.3 Å². The molecule has 0 fully saturated rings. The van der Waals surface area contributed by atoms with Crippen LogP contribution in [0.2, 0.25) is 5.02 Å². The van der Waals surface area contributed by atoms with Crippen molar-refractivity contribution >= 4 is 28.9 Å². The van der Waals surface area contributed by atoms with E-state index < -0.39 is 0 Å². The second-order valence-corrected chi connectivity index (χ2v) is 5.29. The van der Waals surface area contributed by atoms with E-state index in [9.17, 15) is 4.79 Å². The quantitative estimate of drug-likeness (QED) is 0.834. The van der Waals surface area contributed by atoms with Gasteiger partial charge in [0.25, 0.3) is 5.91 Å². The molecule has 3 nitrogen and oxygen atoms in total. The summed E-state index contributed by atoms with van der Waals surface area (Å²) in [6.07, 6.45) is 1.98. The number of halogens is 1. The molecule has 2 rings (SSSR count). The van der Waals surface area contributed by atoms with E-state index in [-0.39, 0.29) is 5.91 Å². The summed E-state index contributed by atoms with van der Waals surface area (Å²) < 4.78 is 0. The number of hydrogen-bond donors (Lipinski definition) is 1. The molecular weight excluding hydrogens is 284 g/mol. The van der Waals surface area contributed by atoms with Gasteiger partial charge < -0.3 is 10.6 Å². The molecule has 0 saturated carbocycles. The molecule has 0 aromatic heterocycles. The zero-order chi connectivity index (χ0) is 15.2. The maximum atomic E-state index is 12.7. The number of hydrogen-bond acceptors (Lipinski definition) is 2. The first-order valence-corrected chi connectivity index (χ1v) is 7.43. The highest BCUT2D eigenvalue weighted by atomic mass is 35.5. The first-order chi connectivity index (χ1) is 10.1. The SMILES string of the molecule is CCCCN(C(=O)c1ccc(Cl)c(N)c1)c1ccccc1. The van der Waals surface area contributed by atoms with E-state index in [1.54, 1.807) is 23.1 Å². The number of unbranched alkanes of at least 4 members (excludes halogenated alkanes) is 1. The fraction of sp³-hybridized carbons (Fsp3) is 0.235. The zero-order valence-electron chi connectivity index (χ0n) is 12.1. The average molecular weight is 303 g/mol. The monoisotopic (exact) mass is 302 g/mol. The number of nitrogens with two attached hydrogens (primary N) is 1. The van der Waals surface area contributed by atoms with Crippen LogP contribution in [0.15, 0.2) is 48.5 Å². The minimum atomic E-state index is -0.0574. The number of anilines is 2. The van der Waals surface area contributed by atoms with Gasteiger partial charge in [0.15, 0.2) is 0 Å². The lowest BCUT2D eigenvalue weighted by molar-refractivity contribution is 0.0986. The summed E-state index contributed by atoms with van der Waals surface area (Å²) in [4.78, 5) is 14.5. The van der Waals surface area contributed by atoms with Gasteiger partial charge in [-0.05, 0) is 36.8 Å². The van der Waals surface area contributed by atoms with Crippen molar-refractivity contribution in [1.82, 2.24) is 0 Å². The number of nitrogens with zero attached hydrogens (tertiary/aromatic N) is 1. The average Bonchev–Trinajstić information content (AvgIpc) is 2.51. The number of carbonyl (C=O) groups is 1. The minimum absolute atomic E-state index is 0.0574. The molecule has 0 heterocycles. The van der Waals surface area contributed by atoms with Crippen molar-refractivity contribution < 1.29 is 4.79 Å². The van der Waals surface area contributed by atoms with Gasteiger partial charge in [-0.15, -0.1) is 0 Å². The van der Waals surface area contributed by atoms with Gasteiger partial charge in [0.2, 0.25) is 0 Å². The molecule has 1 amide bonds. The summed E-state index contributed by atoms with van der Waals surface area (Å²) in [7, 11) is 0. The standard InChI is InChI=1S/C17H19ClN2O/c1-2-3-11-20(14-7-5-4-6-8-14)17(21)13-9-10-15(18)16(19)12-13/h4-10,12H,2-3,11,19H2,1H3. The summed E-state index contributed by atoms with van der Waals surface area (Å²) in [6.45, 7) is 2.79. The number of nitrogen functional groups attached to an aromatic ring is 1. The van der Waals surface area contributed by atoms with Crippen LogP contribution in [0, 0.1) is 0 Å². The summed E-state index contributed by atoms with van der Waals surface area (Å²) in [5.74, 6) is -0.0574. The maximum Gasteiger partial charge on any atom is 0.258 e. The Bertz CT molecular complexity index is 613. The third kappa shape index (κ3) is 3.76. The highest BCUT2D eigenvalue weighted by molar-refractivity contribution is 6.33. The third-order valence-electron chi connectivity index (χ3n) is 3.29. The van der Waals surface area contributed by atoms with Crippen LogP contribution in [-0.2, 0) is 0 Å². The van der Waals surface area contributed by atoms with E-state index in [0.717, 1.165) is 18.5 Å². The molecule has 110 valence electrons. The van der Waals surface area contributed by atoms with Gasteiger partial charge >= 0.3 is 0 Å². The predicted octanol–water partition coefficient (Wildman–Crippen LogP) is 4.37. The molecule has 0 saturated heterocycles. The molecule has 2 N–H and O–H groups in total. The summed E-state index contributed by atoms with van der Waals surface area (Å²) in [5, 5.41) is 0.464. The van der Waals surface area contributed by atoms with Gasteiger partial charge in [0, 0.05) is 17.8 Å². The molecule has 0 spiro atoms. The minimum Gasteiger partial charge on any atom is -0.398 e. The van der Waals surface area contributed by atoms with Crippen LogP contribution >= 0.6 is 11.6 Å². The normalized spacial score (nSPS) is 10.4. The Hall–Kier alpha value is -2.00. The number of benzene rings is 2. The van der Waals surface area contributed by atoms with Crippen LogP contribution < -0.4 is 10.6 Å². The first-order valence-electron chi connectivity index (χ1n) is 7.05. The molecule has 2 aromatic carbocycles. The number of rotatable bonds is 5. The van der Waals surface area contributed by atoms with E-state index in [2.05, 4.69) is 6.92 Å². The first kappa shape index (κ1) is 15.4. The Morgan fingerprint density at radius 1 is 1.19 bits per heavy atom. The summed E-state index contributed by atoms with van der Waals surface area (Å²) in [5.41, 5.74) is 7.66. The van der Waals surface area contributed by atoms with Gasteiger partial charge in [-0.2, -0.15) is 0 Å². The van der Waals surface area contributed by atoms with Crippen molar-refractivity contribution in [2.75, 3.05) is 17.2 Å². The van der Waals surface area contributed by atoms with Crippen LogP contribution in [-0.4, -0.2) is 12.5 Å². The van der Waals surface area contributed by atoms with Crippen LogP contribution in [0.4, 0.5) is 11.4 Å². The molecule has 0 aliphatic carbocycles. The molecule has 4 heteroatoms. The molecule has 0 bridgehead atoms. The topological polar surface area (TPSA) is 46.3 Å². The Labute approximate surface area is 130 Å². The molecule has 0 aliphatic heterocycles. The fourth-order valence-electron chi connectivity index (χ4n) is 2.10.